The predicted octanol–water partition coefficient (Wildman–Crippen LogP) is 4.39. The molecule has 112 valence electrons. The Morgan fingerprint density at radius 3 is 2.67 bits per heavy atom. The highest BCUT2D eigenvalue weighted by molar-refractivity contribution is 9.10. The summed E-state index contributed by atoms with van der Waals surface area (Å²) >= 11 is 3.57. The molecule has 1 unspecified atom stereocenters. The number of methoxy groups -OCH3 is 1. The van der Waals surface area contributed by atoms with E-state index in [2.05, 4.69) is 64.6 Å². The van der Waals surface area contributed by atoms with E-state index >= 15 is 0 Å². The lowest BCUT2D eigenvalue weighted by Gasteiger charge is -2.19. The molecule has 0 amide bonds. The molecule has 2 rings (SSSR count). The fourth-order valence-electron chi connectivity index (χ4n) is 2.52. The quantitative estimate of drug-likeness (QED) is 0.801. The first kappa shape index (κ1) is 16.1. The topological polar surface area (TPSA) is 21.3 Å². The van der Waals surface area contributed by atoms with Crippen LogP contribution in [0, 0.1) is 0 Å². The van der Waals surface area contributed by atoms with Crippen LogP contribution in [-0.2, 0) is 6.42 Å². The molecule has 0 spiro atoms. The smallest absolute Gasteiger partial charge is 0.122 e. The van der Waals surface area contributed by atoms with Crippen LogP contribution in [0.25, 0.3) is 0 Å². The molecule has 0 heterocycles. The molecule has 2 aromatic carbocycles. The highest BCUT2D eigenvalue weighted by Gasteiger charge is 2.14. The van der Waals surface area contributed by atoms with Crippen molar-refractivity contribution in [2.75, 3.05) is 20.2 Å². The zero-order chi connectivity index (χ0) is 15.1. The van der Waals surface area contributed by atoms with E-state index in [0.717, 1.165) is 29.7 Å². The predicted molar refractivity (Wildman–Crippen MR) is 92.1 cm³/mol. The maximum Gasteiger partial charge on any atom is 0.122 e. The summed E-state index contributed by atoms with van der Waals surface area (Å²) in [4.78, 5) is 0. The van der Waals surface area contributed by atoms with E-state index in [-0.39, 0.29) is 0 Å². The first-order valence-corrected chi connectivity index (χ1v) is 8.12. The summed E-state index contributed by atoms with van der Waals surface area (Å²) in [5.41, 5.74) is 2.60. The van der Waals surface area contributed by atoms with Crippen molar-refractivity contribution in [2.45, 2.75) is 19.3 Å². The van der Waals surface area contributed by atoms with Crippen LogP contribution in [0.1, 0.15) is 24.0 Å². The van der Waals surface area contributed by atoms with Crippen LogP contribution < -0.4 is 10.1 Å². The number of benzene rings is 2. The van der Waals surface area contributed by atoms with Crippen molar-refractivity contribution in [3.63, 3.8) is 0 Å². The standard InChI is InChI=1S/C18H22BrNO/c1-3-20-13-16(14-8-6-9-17(19)12-14)11-15-7-4-5-10-18(15)21-2/h4-10,12,16,20H,3,11,13H2,1-2H3. The molecular formula is C18H22BrNO. The second-order valence-electron chi connectivity index (χ2n) is 5.08. The van der Waals surface area contributed by atoms with Gasteiger partial charge in [-0.3, -0.25) is 0 Å². The van der Waals surface area contributed by atoms with Gasteiger partial charge in [0.2, 0.25) is 0 Å². The van der Waals surface area contributed by atoms with Crippen molar-refractivity contribution in [3.8, 4) is 5.75 Å². The van der Waals surface area contributed by atoms with Crippen LogP contribution in [0.2, 0.25) is 0 Å². The zero-order valence-electron chi connectivity index (χ0n) is 12.6. The summed E-state index contributed by atoms with van der Waals surface area (Å²) in [5, 5.41) is 3.47. The van der Waals surface area contributed by atoms with Gasteiger partial charge in [-0.1, -0.05) is 53.2 Å². The molecule has 0 fully saturated rings. The van der Waals surface area contributed by atoms with E-state index in [0.29, 0.717) is 5.92 Å². The Morgan fingerprint density at radius 1 is 1.14 bits per heavy atom. The van der Waals surface area contributed by atoms with Crippen molar-refractivity contribution >= 4 is 15.9 Å². The van der Waals surface area contributed by atoms with Crippen molar-refractivity contribution in [2.24, 2.45) is 0 Å². The van der Waals surface area contributed by atoms with Gasteiger partial charge >= 0.3 is 0 Å². The third-order valence-corrected chi connectivity index (χ3v) is 4.11. The average molecular weight is 348 g/mol. The Hall–Kier alpha value is -1.32. The third kappa shape index (κ3) is 4.58. The summed E-state index contributed by atoms with van der Waals surface area (Å²) in [7, 11) is 1.73. The summed E-state index contributed by atoms with van der Waals surface area (Å²) in [6.07, 6.45) is 0.966. The molecule has 1 N–H and O–H groups in total. The summed E-state index contributed by atoms with van der Waals surface area (Å²) < 4.78 is 6.61. The van der Waals surface area contributed by atoms with Gasteiger partial charge in [0.05, 0.1) is 7.11 Å². The monoisotopic (exact) mass is 347 g/mol. The summed E-state index contributed by atoms with van der Waals surface area (Å²) in [5.74, 6) is 1.40. The Bertz CT molecular complexity index is 571. The van der Waals surface area contributed by atoms with E-state index in [4.69, 9.17) is 4.74 Å². The van der Waals surface area contributed by atoms with Gasteiger partial charge in [-0.25, -0.2) is 0 Å². The molecule has 0 bridgehead atoms. The summed E-state index contributed by atoms with van der Waals surface area (Å²) in [6, 6.07) is 16.8. The lowest BCUT2D eigenvalue weighted by atomic mass is 9.91. The fourth-order valence-corrected chi connectivity index (χ4v) is 2.94. The molecule has 0 aliphatic heterocycles. The number of hydrogen-bond donors (Lipinski definition) is 1. The molecule has 0 radical (unpaired) electrons. The Kier molecular flexibility index (Phi) is 6.27. The van der Waals surface area contributed by atoms with E-state index in [1.165, 1.54) is 11.1 Å². The van der Waals surface area contributed by atoms with Crippen LogP contribution in [-0.4, -0.2) is 20.2 Å². The molecule has 0 saturated heterocycles. The molecule has 21 heavy (non-hydrogen) atoms. The second kappa shape index (κ2) is 8.20. The Labute approximate surface area is 135 Å². The van der Waals surface area contributed by atoms with Crippen LogP contribution in [0.3, 0.4) is 0 Å². The second-order valence-corrected chi connectivity index (χ2v) is 5.99. The van der Waals surface area contributed by atoms with Crippen molar-refractivity contribution < 1.29 is 4.74 Å². The highest BCUT2D eigenvalue weighted by Crippen LogP contribution is 2.27. The molecule has 0 aliphatic rings. The average Bonchev–Trinajstić information content (AvgIpc) is 2.51. The normalized spacial score (nSPS) is 12.1. The highest BCUT2D eigenvalue weighted by atomic mass is 79.9. The number of ether oxygens (including phenoxy) is 1. The lowest BCUT2D eigenvalue weighted by molar-refractivity contribution is 0.407. The number of rotatable bonds is 7. The minimum absolute atomic E-state index is 0.429. The molecule has 2 nitrogen and oxygen atoms in total. The molecule has 0 saturated carbocycles. The lowest BCUT2D eigenvalue weighted by Crippen LogP contribution is -2.22. The Morgan fingerprint density at radius 2 is 1.95 bits per heavy atom. The van der Waals surface area contributed by atoms with E-state index in [1.807, 2.05) is 12.1 Å². The van der Waals surface area contributed by atoms with Crippen molar-refractivity contribution in [1.29, 1.82) is 0 Å². The van der Waals surface area contributed by atoms with Crippen molar-refractivity contribution in [3.05, 3.63) is 64.1 Å². The van der Waals surface area contributed by atoms with Crippen LogP contribution in [0.5, 0.6) is 5.75 Å². The fraction of sp³-hybridized carbons (Fsp3) is 0.333. The number of halogens is 1. The molecule has 3 heteroatoms. The maximum absolute atomic E-state index is 5.48. The van der Waals surface area contributed by atoms with E-state index in [1.54, 1.807) is 7.11 Å². The van der Waals surface area contributed by atoms with Gasteiger partial charge in [0, 0.05) is 16.9 Å². The number of nitrogens with one attached hydrogen (secondary N) is 1. The van der Waals surface area contributed by atoms with Gasteiger partial charge in [0.25, 0.3) is 0 Å². The van der Waals surface area contributed by atoms with Crippen LogP contribution in [0.15, 0.2) is 53.0 Å². The minimum Gasteiger partial charge on any atom is -0.496 e. The summed E-state index contributed by atoms with van der Waals surface area (Å²) in [6.45, 7) is 4.09. The van der Waals surface area contributed by atoms with E-state index < -0.39 is 0 Å². The van der Waals surface area contributed by atoms with Crippen LogP contribution in [0.4, 0.5) is 0 Å². The van der Waals surface area contributed by atoms with Gasteiger partial charge in [0.15, 0.2) is 0 Å². The van der Waals surface area contributed by atoms with Crippen molar-refractivity contribution in [1.82, 2.24) is 5.32 Å². The van der Waals surface area contributed by atoms with Gasteiger partial charge in [0.1, 0.15) is 5.75 Å². The molecule has 0 aromatic heterocycles. The Balaban J connectivity index is 2.24. The molecule has 2 aromatic rings. The molecule has 0 aliphatic carbocycles. The SMILES string of the molecule is CCNCC(Cc1ccccc1OC)c1cccc(Br)c1. The largest absolute Gasteiger partial charge is 0.496 e. The van der Waals surface area contributed by atoms with Gasteiger partial charge in [-0.15, -0.1) is 0 Å². The first-order valence-electron chi connectivity index (χ1n) is 7.32. The molecule has 1 atom stereocenters. The van der Waals surface area contributed by atoms with E-state index in [9.17, 15) is 0 Å². The number of para-hydroxylation sites is 1. The van der Waals surface area contributed by atoms with Gasteiger partial charge in [-0.05, 0) is 42.3 Å². The van der Waals surface area contributed by atoms with Gasteiger partial charge in [-0.2, -0.15) is 0 Å². The van der Waals surface area contributed by atoms with Crippen LogP contribution >= 0.6 is 15.9 Å². The first-order chi connectivity index (χ1) is 10.2. The number of likely N-dealkylation sites (N-methyl/N-ethyl adjacent to an activating group) is 1. The third-order valence-electron chi connectivity index (χ3n) is 3.62. The van der Waals surface area contributed by atoms with Gasteiger partial charge < -0.3 is 10.1 Å². The zero-order valence-corrected chi connectivity index (χ0v) is 14.2. The molecular weight excluding hydrogens is 326 g/mol. The number of hydrogen-bond acceptors (Lipinski definition) is 2. The maximum atomic E-state index is 5.48. The minimum atomic E-state index is 0.429.